The Kier molecular flexibility index (Phi) is 4.55. The van der Waals surface area contributed by atoms with Crippen LogP contribution in [0.4, 0.5) is 4.79 Å². The van der Waals surface area contributed by atoms with Gasteiger partial charge in [-0.1, -0.05) is 26.7 Å². The minimum Gasteiger partial charge on any atom is -0.371 e. The van der Waals surface area contributed by atoms with Crippen molar-refractivity contribution in [3.05, 3.63) is 0 Å². The molecule has 86 valence electrons. The largest absolute Gasteiger partial charge is 0.371 e. The number of urea groups is 1. The molecule has 1 unspecified atom stereocenters. The lowest BCUT2D eigenvalue weighted by Crippen LogP contribution is -2.31. The number of amides is 3. The molecule has 0 bridgehead atoms. The number of ether oxygens (including phenoxy) is 1. The highest BCUT2D eigenvalue weighted by Gasteiger charge is 2.33. The summed E-state index contributed by atoms with van der Waals surface area (Å²) in [6.45, 7) is 5.79. The third-order valence-corrected chi connectivity index (χ3v) is 2.19. The molecule has 2 rings (SSSR count). The van der Waals surface area contributed by atoms with Crippen LogP contribution < -0.4 is 5.32 Å². The summed E-state index contributed by atoms with van der Waals surface area (Å²) >= 11 is 0. The van der Waals surface area contributed by atoms with Crippen LogP contribution in [0, 0.1) is 0 Å². The SMILES string of the molecule is CCCC.O=C1CN(CC2CO2)C(=O)N1. The van der Waals surface area contributed by atoms with E-state index in [9.17, 15) is 9.59 Å². The number of epoxide rings is 1. The second-order valence-electron chi connectivity index (χ2n) is 3.69. The molecule has 1 N–H and O–H groups in total. The summed E-state index contributed by atoms with van der Waals surface area (Å²) in [4.78, 5) is 23.0. The average Bonchev–Trinajstić information content (AvgIpc) is 2.95. The van der Waals surface area contributed by atoms with Crippen molar-refractivity contribution < 1.29 is 14.3 Å². The van der Waals surface area contributed by atoms with E-state index in [4.69, 9.17) is 4.74 Å². The molecule has 5 heteroatoms. The van der Waals surface area contributed by atoms with Gasteiger partial charge in [0.2, 0.25) is 5.91 Å². The Balaban J connectivity index is 0.000000245. The number of hydrogen-bond acceptors (Lipinski definition) is 3. The van der Waals surface area contributed by atoms with E-state index in [1.54, 1.807) is 0 Å². The van der Waals surface area contributed by atoms with Crippen molar-refractivity contribution in [1.82, 2.24) is 10.2 Å². The Morgan fingerprint density at radius 1 is 1.40 bits per heavy atom. The second-order valence-corrected chi connectivity index (χ2v) is 3.69. The summed E-state index contributed by atoms with van der Waals surface area (Å²) in [6.07, 6.45) is 2.80. The van der Waals surface area contributed by atoms with Gasteiger partial charge >= 0.3 is 6.03 Å². The molecule has 2 heterocycles. The summed E-state index contributed by atoms with van der Waals surface area (Å²) in [7, 11) is 0. The van der Waals surface area contributed by atoms with Gasteiger partial charge in [-0.15, -0.1) is 0 Å². The maximum absolute atomic E-state index is 10.9. The van der Waals surface area contributed by atoms with Crippen LogP contribution in [0.15, 0.2) is 0 Å². The van der Waals surface area contributed by atoms with E-state index in [-0.39, 0.29) is 24.6 Å². The fraction of sp³-hybridized carbons (Fsp3) is 0.800. The molecule has 2 saturated heterocycles. The minimum atomic E-state index is -0.300. The van der Waals surface area contributed by atoms with Crippen molar-refractivity contribution in [1.29, 1.82) is 0 Å². The van der Waals surface area contributed by atoms with Gasteiger partial charge in [0.15, 0.2) is 0 Å². The van der Waals surface area contributed by atoms with Gasteiger partial charge in [-0.25, -0.2) is 4.79 Å². The number of rotatable bonds is 3. The van der Waals surface area contributed by atoms with Crippen molar-refractivity contribution in [2.45, 2.75) is 32.8 Å². The fourth-order valence-electron chi connectivity index (χ4n) is 1.05. The van der Waals surface area contributed by atoms with Gasteiger partial charge in [0.1, 0.15) is 6.54 Å². The third kappa shape index (κ3) is 4.29. The van der Waals surface area contributed by atoms with E-state index >= 15 is 0 Å². The lowest BCUT2D eigenvalue weighted by atomic mass is 10.4. The molecule has 0 aromatic rings. The average molecular weight is 214 g/mol. The Morgan fingerprint density at radius 3 is 2.33 bits per heavy atom. The van der Waals surface area contributed by atoms with Gasteiger partial charge in [-0.3, -0.25) is 10.1 Å². The molecule has 0 aromatic heterocycles. The van der Waals surface area contributed by atoms with Crippen molar-refractivity contribution in [2.75, 3.05) is 19.7 Å². The first kappa shape index (κ1) is 12.0. The van der Waals surface area contributed by atoms with Gasteiger partial charge in [-0.05, 0) is 0 Å². The zero-order valence-corrected chi connectivity index (χ0v) is 9.28. The van der Waals surface area contributed by atoms with Crippen molar-refractivity contribution in [3.63, 3.8) is 0 Å². The monoisotopic (exact) mass is 214 g/mol. The van der Waals surface area contributed by atoms with Gasteiger partial charge in [0.25, 0.3) is 0 Å². The summed E-state index contributed by atoms with van der Waals surface area (Å²) < 4.78 is 4.92. The number of imide groups is 1. The number of unbranched alkanes of at least 4 members (excludes halogenated alkanes) is 1. The molecule has 0 aromatic carbocycles. The van der Waals surface area contributed by atoms with Gasteiger partial charge in [0.05, 0.1) is 19.3 Å². The Bertz CT molecular complexity index is 237. The molecule has 2 aliphatic rings. The molecule has 0 saturated carbocycles. The van der Waals surface area contributed by atoms with E-state index in [0.717, 1.165) is 0 Å². The van der Waals surface area contributed by atoms with Crippen LogP contribution >= 0.6 is 0 Å². The topological polar surface area (TPSA) is 61.9 Å². The predicted octanol–water partition coefficient (Wildman–Crippen LogP) is 0.743. The molecule has 2 aliphatic heterocycles. The molecule has 3 amide bonds. The molecular formula is C10H18N2O3. The normalized spacial score (nSPS) is 23.3. The first-order valence-electron chi connectivity index (χ1n) is 5.37. The standard InChI is InChI=1S/C6H8N2O3.C4H10/c9-5-2-8(6(10)7-5)1-4-3-11-4;1-3-4-2/h4H,1-3H2,(H,7,9,10);3-4H2,1-2H3. The van der Waals surface area contributed by atoms with Crippen LogP contribution in [0.5, 0.6) is 0 Å². The molecule has 2 fully saturated rings. The van der Waals surface area contributed by atoms with Crippen molar-refractivity contribution in [3.8, 4) is 0 Å². The highest BCUT2D eigenvalue weighted by atomic mass is 16.6. The lowest BCUT2D eigenvalue weighted by molar-refractivity contribution is -0.118. The zero-order chi connectivity index (χ0) is 11.3. The summed E-state index contributed by atoms with van der Waals surface area (Å²) in [6, 6.07) is -0.300. The highest BCUT2D eigenvalue weighted by molar-refractivity contribution is 6.01. The van der Waals surface area contributed by atoms with E-state index in [1.807, 2.05) is 0 Å². The highest BCUT2D eigenvalue weighted by Crippen LogP contribution is 2.12. The number of hydrogen-bond donors (Lipinski definition) is 1. The number of carbonyl (C=O) groups is 2. The smallest absolute Gasteiger partial charge is 0.324 e. The Morgan fingerprint density at radius 2 is 2.00 bits per heavy atom. The summed E-state index contributed by atoms with van der Waals surface area (Å²) in [5.41, 5.74) is 0. The maximum Gasteiger partial charge on any atom is 0.324 e. The van der Waals surface area contributed by atoms with Crippen LogP contribution in [0.2, 0.25) is 0 Å². The van der Waals surface area contributed by atoms with Crippen molar-refractivity contribution in [2.24, 2.45) is 0 Å². The van der Waals surface area contributed by atoms with Crippen LogP contribution in [-0.4, -0.2) is 42.6 Å². The lowest BCUT2D eigenvalue weighted by Gasteiger charge is -2.09. The Hall–Kier alpha value is -1.10. The van der Waals surface area contributed by atoms with E-state index in [2.05, 4.69) is 19.2 Å². The summed E-state index contributed by atoms with van der Waals surface area (Å²) in [5.74, 6) is -0.226. The number of carbonyl (C=O) groups excluding carboxylic acids is 2. The van der Waals surface area contributed by atoms with Crippen LogP contribution in [0.1, 0.15) is 26.7 Å². The molecule has 0 aliphatic carbocycles. The number of nitrogens with one attached hydrogen (secondary N) is 1. The quantitative estimate of drug-likeness (QED) is 0.557. The summed E-state index contributed by atoms with van der Waals surface area (Å²) in [5, 5.41) is 2.19. The van der Waals surface area contributed by atoms with Gasteiger partial charge in [-0.2, -0.15) is 0 Å². The second kappa shape index (κ2) is 5.70. The van der Waals surface area contributed by atoms with Crippen molar-refractivity contribution >= 4 is 11.9 Å². The first-order valence-corrected chi connectivity index (χ1v) is 5.37. The maximum atomic E-state index is 10.9. The number of nitrogens with zero attached hydrogens (tertiary/aromatic N) is 1. The van der Waals surface area contributed by atoms with E-state index < -0.39 is 0 Å². The third-order valence-electron chi connectivity index (χ3n) is 2.19. The fourth-order valence-corrected chi connectivity index (χ4v) is 1.05. The van der Waals surface area contributed by atoms with E-state index in [0.29, 0.717) is 13.2 Å². The van der Waals surface area contributed by atoms with E-state index in [1.165, 1.54) is 17.7 Å². The molecule has 5 nitrogen and oxygen atoms in total. The first-order chi connectivity index (χ1) is 7.17. The molecule has 0 spiro atoms. The molecule has 0 radical (unpaired) electrons. The molecule has 1 atom stereocenters. The van der Waals surface area contributed by atoms with Crippen LogP contribution in [-0.2, 0) is 9.53 Å². The Labute approximate surface area is 89.8 Å². The zero-order valence-electron chi connectivity index (χ0n) is 9.28. The predicted molar refractivity (Wildman–Crippen MR) is 55.4 cm³/mol. The van der Waals surface area contributed by atoms with Crippen LogP contribution in [0.25, 0.3) is 0 Å². The van der Waals surface area contributed by atoms with Crippen LogP contribution in [0.3, 0.4) is 0 Å². The molecule has 15 heavy (non-hydrogen) atoms. The minimum absolute atomic E-state index is 0.159. The van der Waals surface area contributed by atoms with Gasteiger partial charge in [0, 0.05) is 0 Å². The van der Waals surface area contributed by atoms with Gasteiger partial charge < -0.3 is 9.64 Å². The molecular weight excluding hydrogens is 196 g/mol.